The average Bonchev–Trinajstić information content (AvgIpc) is 2.44. The summed E-state index contributed by atoms with van der Waals surface area (Å²) < 4.78 is 13.5. The highest BCUT2D eigenvalue weighted by molar-refractivity contribution is 6.31. The Labute approximate surface area is 130 Å². The fraction of sp³-hybridized carbons (Fsp3) is 0.571. The molecule has 6 heteroatoms. The molecule has 0 saturated carbocycles. The number of benzene rings is 1. The third-order valence-electron chi connectivity index (χ3n) is 3.55. The third kappa shape index (κ3) is 4.57. The molecular formula is C14H21Cl2FN2O. The molecule has 0 unspecified atom stereocenters. The molecule has 114 valence electrons. The minimum Gasteiger partial charge on any atom is -0.396 e. The zero-order valence-corrected chi connectivity index (χ0v) is 12.9. The number of piperazine rings is 1. The van der Waals surface area contributed by atoms with Gasteiger partial charge in [-0.3, -0.25) is 4.90 Å². The van der Waals surface area contributed by atoms with E-state index >= 15 is 0 Å². The van der Waals surface area contributed by atoms with Crippen LogP contribution in [0, 0.1) is 5.82 Å². The predicted octanol–water partition coefficient (Wildman–Crippen LogP) is 2.62. The highest BCUT2D eigenvalue weighted by Crippen LogP contribution is 2.32. The van der Waals surface area contributed by atoms with E-state index in [-0.39, 0.29) is 30.9 Å². The van der Waals surface area contributed by atoms with Crippen molar-refractivity contribution < 1.29 is 9.50 Å². The molecule has 2 rings (SSSR count). The molecule has 1 heterocycles. The summed E-state index contributed by atoms with van der Waals surface area (Å²) in [6.45, 7) is 3.85. The number of rotatable bonds is 5. The van der Waals surface area contributed by atoms with E-state index in [0.29, 0.717) is 11.4 Å². The topological polar surface area (TPSA) is 35.5 Å². The Hall–Kier alpha value is -0.390. The van der Waals surface area contributed by atoms with Gasteiger partial charge in [0.15, 0.2) is 0 Å². The number of aliphatic hydroxyl groups excluding tert-OH is 1. The lowest BCUT2D eigenvalue weighted by Gasteiger charge is -2.35. The van der Waals surface area contributed by atoms with E-state index < -0.39 is 0 Å². The first-order chi connectivity index (χ1) is 9.22. The van der Waals surface area contributed by atoms with Crippen LogP contribution in [-0.2, 0) is 0 Å². The molecule has 1 fully saturated rings. The summed E-state index contributed by atoms with van der Waals surface area (Å²) in [5, 5.41) is 13.0. The molecule has 1 aliphatic heterocycles. The summed E-state index contributed by atoms with van der Waals surface area (Å²) in [4.78, 5) is 2.31. The molecule has 20 heavy (non-hydrogen) atoms. The molecule has 0 aromatic heterocycles. The lowest BCUT2D eigenvalue weighted by Crippen LogP contribution is -2.45. The van der Waals surface area contributed by atoms with Crippen molar-refractivity contribution in [1.29, 1.82) is 0 Å². The van der Waals surface area contributed by atoms with Crippen molar-refractivity contribution in [3.05, 3.63) is 34.6 Å². The first-order valence-corrected chi connectivity index (χ1v) is 7.10. The van der Waals surface area contributed by atoms with Crippen molar-refractivity contribution in [2.24, 2.45) is 0 Å². The lowest BCUT2D eigenvalue weighted by molar-refractivity contribution is 0.154. The van der Waals surface area contributed by atoms with Gasteiger partial charge >= 0.3 is 0 Å². The molecule has 1 aliphatic rings. The van der Waals surface area contributed by atoms with Crippen LogP contribution in [0.1, 0.15) is 24.4 Å². The van der Waals surface area contributed by atoms with Gasteiger partial charge in [0.1, 0.15) is 5.82 Å². The molecule has 1 aromatic carbocycles. The molecule has 1 aromatic rings. The van der Waals surface area contributed by atoms with Crippen LogP contribution < -0.4 is 5.32 Å². The van der Waals surface area contributed by atoms with Crippen LogP contribution in [-0.4, -0.2) is 42.8 Å². The zero-order chi connectivity index (χ0) is 13.7. The van der Waals surface area contributed by atoms with Crippen LogP contribution in [0.3, 0.4) is 0 Å². The monoisotopic (exact) mass is 322 g/mol. The van der Waals surface area contributed by atoms with Gasteiger partial charge in [0.2, 0.25) is 0 Å². The van der Waals surface area contributed by atoms with Crippen LogP contribution in [0.4, 0.5) is 4.39 Å². The highest BCUT2D eigenvalue weighted by atomic mass is 35.5. The van der Waals surface area contributed by atoms with Gasteiger partial charge in [-0.05, 0) is 36.6 Å². The van der Waals surface area contributed by atoms with E-state index in [1.165, 1.54) is 12.1 Å². The van der Waals surface area contributed by atoms with Crippen molar-refractivity contribution in [2.75, 3.05) is 32.8 Å². The Morgan fingerprint density at radius 1 is 1.35 bits per heavy atom. The molecule has 0 radical (unpaired) electrons. The summed E-state index contributed by atoms with van der Waals surface area (Å²) in [6.07, 6.45) is 1.49. The smallest absolute Gasteiger partial charge is 0.123 e. The summed E-state index contributed by atoms with van der Waals surface area (Å²) in [5.74, 6) is -0.261. The van der Waals surface area contributed by atoms with Crippen LogP contribution in [0.5, 0.6) is 0 Å². The molecule has 0 aliphatic carbocycles. The highest BCUT2D eigenvalue weighted by Gasteiger charge is 2.23. The number of aliphatic hydroxyl groups is 1. The number of nitrogens with one attached hydrogen (secondary N) is 1. The van der Waals surface area contributed by atoms with Gasteiger partial charge in [-0.2, -0.15) is 0 Å². The lowest BCUT2D eigenvalue weighted by atomic mass is 9.99. The van der Waals surface area contributed by atoms with Crippen LogP contribution in [0.2, 0.25) is 5.02 Å². The minimum atomic E-state index is -0.261. The van der Waals surface area contributed by atoms with E-state index in [9.17, 15) is 4.39 Å². The molecule has 1 saturated heterocycles. The van der Waals surface area contributed by atoms with Gasteiger partial charge in [-0.25, -0.2) is 4.39 Å². The fourth-order valence-corrected chi connectivity index (χ4v) is 2.83. The largest absolute Gasteiger partial charge is 0.396 e. The number of halogens is 3. The standard InChI is InChI=1S/C14H20ClFN2O.ClH/c15-13-4-3-11(16)10-12(13)14(2-1-9-19)18-7-5-17-6-8-18;/h3-4,10,14,17,19H,1-2,5-9H2;1H/t14-;/m0./s1. The number of hydrogen-bond acceptors (Lipinski definition) is 3. The molecule has 1 atom stereocenters. The average molecular weight is 323 g/mol. The second-order valence-corrected chi connectivity index (χ2v) is 5.24. The second-order valence-electron chi connectivity index (χ2n) is 4.83. The maximum absolute atomic E-state index is 13.5. The van der Waals surface area contributed by atoms with Crippen molar-refractivity contribution in [1.82, 2.24) is 10.2 Å². The first-order valence-electron chi connectivity index (χ1n) is 6.73. The zero-order valence-electron chi connectivity index (χ0n) is 11.3. The van der Waals surface area contributed by atoms with Crippen LogP contribution in [0.15, 0.2) is 18.2 Å². The van der Waals surface area contributed by atoms with Gasteiger partial charge in [0.25, 0.3) is 0 Å². The van der Waals surface area contributed by atoms with Gasteiger partial charge in [0.05, 0.1) is 0 Å². The van der Waals surface area contributed by atoms with E-state index in [4.69, 9.17) is 16.7 Å². The minimum absolute atomic E-state index is 0. The predicted molar refractivity (Wildman–Crippen MR) is 82.2 cm³/mol. The van der Waals surface area contributed by atoms with Crippen molar-refractivity contribution in [3.63, 3.8) is 0 Å². The molecule has 0 amide bonds. The van der Waals surface area contributed by atoms with Crippen molar-refractivity contribution in [3.8, 4) is 0 Å². The molecule has 3 nitrogen and oxygen atoms in total. The van der Waals surface area contributed by atoms with Crippen LogP contribution in [0.25, 0.3) is 0 Å². The molecule has 0 spiro atoms. The van der Waals surface area contributed by atoms with Crippen LogP contribution >= 0.6 is 24.0 Å². The summed E-state index contributed by atoms with van der Waals surface area (Å²) in [6, 6.07) is 4.59. The summed E-state index contributed by atoms with van der Waals surface area (Å²) >= 11 is 6.22. The van der Waals surface area contributed by atoms with E-state index in [0.717, 1.165) is 38.2 Å². The maximum atomic E-state index is 13.5. The van der Waals surface area contributed by atoms with Gasteiger partial charge in [-0.15, -0.1) is 12.4 Å². The van der Waals surface area contributed by atoms with E-state index in [2.05, 4.69) is 10.2 Å². The quantitative estimate of drug-likeness (QED) is 0.874. The van der Waals surface area contributed by atoms with Gasteiger partial charge < -0.3 is 10.4 Å². The Morgan fingerprint density at radius 3 is 2.70 bits per heavy atom. The number of nitrogens with zero attached hydrogens (tertiary/aromatic N) is 1. The maximum Gasteiger partial charge on any atom is 0.123 e. The Balaban J connectivity index is 0.00000200. The van der Waals surface area contributed by atoms with Crippen molar-refractivity contribution >= 4 is 24.0 Å². The number of hydrogen-bond donors (Lipinski definition) is 2. The normalized spacial score (nSPS) is 17.6. The van der Waals surface area contributed by atoms with Gasteiger partial charge in [0, 0.05) is 43.9 Å². The van der Waals surface area contributed by atoms with Crippen molar-refractivity contribution in [2.45, 2.75) is 18.9 Å². The molecular weight excluding hydrogens is 302 g/mol. The third-order valence-corrected chi connectivity index (χ3v) is 3.89. The first kappa shape index (κ1) is 17.7. The van der Waals surface area contributed by atoms with E-state index in [1.807, 2.05) is 0 Å². The summed E-state index contributed by atoms with van der Waals surface area (Å²) in [5.41, 5.74) is 0.831. The second kappa shape index (κ2) is 8.80. The van der Waals surface area contributed by atoms with E-state index in [1.54, 1.807) is 6.07 Å². The molecule has 2 N–H and O–H groups in total. The fourth-order valence-electron chi connectivity index (χ4n) is 2.58. The van der Waals surface area contributed by atoms with Gasteiger partial charge in [-0.1, -0.05) is 11.6 Å². The summed E-state index contributed by atoms with van der Waals surface area (Å²) in [7, 11) is 0. The Kier molecular flexibility index (Phi) is 7.77. The Bertz CT molecular complexity index is 414. The Morgan fingerprint density at radius 2 is 2.05 bits per heavy atom. The SMILES string of the molecule is Cl.OCCC[C@@H](c1cc(F)ccc1Cl)N1CCNCC1. The molecule has 0 bridgehead atoms.